The first-order valence-corrected chi connectivity index (χ1v) is 8.54. The Kier molecular flexibility index (Phi) is 5.99. The van der Waals surface area contributed by atoms with E-state index in [2.05, 4.69) is 26.8 Å². The number of hydrogen-bond donors (Lipinski definition) is 0. The average Bonchev–Trinajstić information content (AvgIpc) is 2.55. The molecule has 5 nitrogen and oxygen atoms in total. The summed E-state index contributed by atoms with van der Waals surface area (Å²) in [6.07, 6.45) is 0.331. The summed E-state index contributed by atoms with van der Waals surface area (Å²) in [4.78, 5) is 28.1. The van der Waals surface area contributed by atoms with E-state index in [1.807, 2.05) is 23.1 Å². The van der Waals surface area contributed by atoms with Crippen LogP contribution in [0.25, 0.3) is 0 Å². The molecule has 24 heavy (non-hydrogen) atoms. The molecule has 0 aliphatic carbocycles. The van der Waals surface area contributed by atoms with Gasteiger partial charge < -0.3 is 14.5 Å². The van der Waals surface area contributed by atoms with Crippen LogP contribution in [0.4, 0.5) is 5.69 Å². The van der Waals surface area contributed by atoms with E-state index < -0.39 is 0 Å². The van der Waals surface area contributed by atoms with Crippen LogP contribution in [-0.2, 0) is 19.7 Å². The number of carbonyl (C=O) groups excluding carboxylic acids is 2. The van der Waals surface area contributed by atoms with Crippen molar-refractivity contribution in [3.05, 3.63) is 29.8 Å². The summed E-state index contributed by atoms with van der Waals surface area (Å²) >= 11 is 0. The summed E-state index contributed by atoms with van der Waals surface area (Å²) in [5, 5.41) is 0. The lowest BCUT2D eigenvalue weighted by Crippen LogP contribution is -2.42. The fourth-order valence-electron chi connectivity index (χ4n) is 2.97. The van der Waals surface area contributed by atoms with Gasteiger partial charge in [-0.25, -0.2) is 0 Å². The maximum Gasteiger partial charge on any atom is 0.224 e. The van der Waals surface area contributed by atoms with Crippen LogP contribution in [0.15, 0.2) is 24.3 Å². The minimum absolute atomic E-state index is 0.0403. The molecular weight excluding hydrogens is 304 g/mol. The van der Waals surface area contributed by atoms with Gasteiger partial charge in [0.25, 0.3) is 0 Å². The molecule has 0 radical (unpaired) electrons. The van der Waals surface area contributed by atoms with Crippen molar-refractivity contribution in [3.63, 3.8) is 0 Å². The van der Waals surface area contributed by atoms with Crippen LogP contribution in [0.2, 0.25) is 0 Å². The van der Waals surface area contributed by atoms with Crippen molar-refractivity contribution in [2.75, 3.05) is 37.7 Å². The van der Waals surface area contributed by atoms with E-state index in [0.717, 1.165) is 11.3 Å². The SMILES string of the molecule is CC(=O)N(CCC(=O)N1CCOCC1)c1ccccc1C(C)(C)C. The molecule has 0 unspecified atom stereocenters. The van der Waals surface area contributed by atoms with Gasteiger partial charge in [0.2, 0.25) is 11.8 Å². The molecule has 1 aliphatic rings. The number of hydrogen-bond acceptors (Lipinski definition) is 3. The zero-order valence-electron chi connectivity index (χ0n) is 15.2. The highest BCUT2D eigenvalue weighted by Gasteiger charge is 2.24. The van der Waals surface area contributed by atoms with E-state index in [0.29, 0.717) is 39.3 Å². The van der Waals surface area contributed by atoms with Gasteiger partial charge >= 0.3 is 0 Å². The first-order valence-electron chi connectivity index (χ1n) is 8.54. The molecular formula is C19H28N2O3. The van der Waals surface area contributed by atoms with E-state index in [-0.39, 0.29) is 17.2 Å². The van der Waals surface area contributed by atoms with Crippen LogP contribution in [-0.4, -0.2) is 49.6 Å². The molecule has 0 spiro atoms. The van der Waals surface area contributed by atoms with Crippen LogP contribution in [0, 0.1) is 0 Å². The number of benzene rings is 1. The highest BCUT2D eigenvalue weighted by molar-refractivity contribution is 5.93. The van der Waals surface area contributed by atoms with Crippen molar-refractivity contribution >= 4 is 17.5 Å². The number of rotatable bonds is 4. The average molecular weight is 332 g/mol. The highest BCUT2D eigenvalue weighted by Crippen LogP contribution is 2.32. The van der Waals surface area contributed by atoms with Crippen LogP contribution in [0.1, 0.15) is 39.7 Å². The molecule has 0 aromatic heterocycles. The predicted octanol–water partition coefficient (Wildman–Crippen LogP) is 2.59. The molecule has 1 saturated heterocycles. The van der Waals surface area contributed by atoms with Crippen LogP contribution in [0.5, 0.6) is 0 Å². The van der Waals surface area contributed by atoms with Crippen LogP contribution in [0.3, 0.4) is 0 Å². The van der Waals surface area contributed by atoms with Crippen molar-refractivity contribution in [1.29, 1.82) is 0 Å². The molecule has 0 N–H and O–H groups in total. The third-order valence-electron chi connectivity index (χ3n) is 4.30. The smallest absolute Gasteiger partial charge is 0.224 e. The Hall–Kier alpha value is -1.88. The van der Waals surface area contributed by atoms with E-state index in [4.69, 9.17) is 4.74 Å². The van der Waals surface area contributed by atoms with Gasteiger partial charge in [-0.2, -0.15) is 0 Å². The molecule has 0 saturated carbocycles. The zero-order chi connectivity index (χ0) is 17.7. The van der Waals surface area contributed by atoms with Crippen LogP contribution < -0.4 is 4.90 Å². The lowest BCUT2D eigenvalue weighted by atomic mass is 9.85. The summed E-state index contributed by atoms with van der Waals surface area (Å²) in [5.41, 5.74) is 1.93. The van der Waals surface area contributed by atoms with E-state index in [9.17, 15) is 9.59 Å². The second kappa shape index (κ2) is 7.79. The highest BCUT2D eigenvalue weighted by atomic mass is 16.5. The predicted molar refractivity (Wildman–Crippen MR) is 95.2 cm³/mol. The number of nitrogens with zero attached hydrogens (tertiary/aromatic N) is 2. The lowest BCUT2D eigenvalue weighted by molar-refractivity contribution is -0.135. The van der Waals surface area contributed by atoms with Gasteiger partial charge in [-0.3, -0.25) is 9.59 Å². The second-order valence-electron chi connectivity index (χ2n) is 7.18. The number of anilines is 1. The van der Waals surface area contributed by atoms with Gasteiger partial charge in [-0.05, 0) is 17.0 Å². The fraction of sp³-hybridized carbons (Fsp3) is 0.579. The first-order chi connectivity index (χ1) is 11.3. The largest absolute Gasteiger partial charge is 0.378 e. The zero-order valence-corrected chi connectivity index (χ0v) is 15.2. The van der Waals surface area contributed by atoms with E-state index in [1.54, 1.807) is 11.8 Å². The van der Waals surface area contributed by atoms with Crippen molar-refractivity contribution in [2.24, 2.45) is 0 Å². The molecule has 5 heteroatoms. The van der Waals surface area contributed by atoms with Gasteiger partial charge in [0.05, 0.1) is 13.2 Å². The van der Waals surface area contributed by atoms with Crippen molar-refractivity contribution in [2.45, 2.75) is 39.5 Å². The molecule has 132 valence electrons. The molecule has 1 aromatic carbocycles. The van der Waals surface area contributed by atoms with Gasteiger partial charge in [-0.15, -0.1) is 0 Å². The van der Waals surface area contributed by atoms with Crippen molar-refractivity contribution in [3.8, 4) is 0 Å². The third-order valence-corrected chi connectivity index (χ3v) is 4.30. The number of para-hydroxylation sites is 1. The molecule has 1 heterocycles. The third kappa shape index (κ3) is 4.57. The number of amides is 2. The Balaban J connectivity index is 2.13. The molecule has 1 aliphatic heterocycles. The topological polar surface area (TPSA) is 49.9 Å². The number of morpholine rings is 1. The summed E-state index contributed by atoms with van der Waals surface area (Å²) < 4.78 is 5.28. The van der Waals surface area contributed by atoms with Crippen LogP contribution >= 0.6 is 0 Å². The van der Waals surface area contributed by atoms with Gasteiger partial charge in [0, 0.05) is 38.7 Å². The standard InChI is InChI=1S/C19H28N2O3/c1-15(22)21(10-9-18(23)20-11-13-24-14-12-20)17-8-6-5-7-16(17)19(2,3)4/h5-8H,9-14H2,1-4H3. The Bertz CT molecular complexity index is 587. The maximum absolute atomic E-state index is 12.4. The monoisotopic (exact) mass is 332 g/mol. The van der Waals surface area contributed by atoms with Crippen molar-refractivity contribution < 1.29 is 14.3 Å². The quantitative estimate of drug-likeness (QED) is 0.851. The molecule has 0 bridgehead atoms. The molecule has 0 atom stereocenters. The Morgan fingerprint density at radius 2 is 1.79 bits per heavy atom. The molecule has 2 amide bonds. The van der Waals surface area contributed by atoms with Gasteiger partial charge in [-0.1, -0.05) is 39.0 Å². The maximum atomic E-state index is 12.4. The summed E-state index contributed by atoms with van der Waals surface area (Å²) in [5.74, 6) is 0.0410. The van der Waals surface area contributed by atoms with Crippen molar-refractivity contribution in [1.82, 2.24) is 4.90 Å². The van der Waals surface area contributed by atoms with Gasteiger partial charge in [0.1, 0.15) is 0 Å². The number of ether oxygens (including phenoxy) is 1. The lowest BCUT2D eigenvalue weighted by Gasteiger charge is -2.31. The fourth-order valence-corrected chi connectivity index (χ4v) is 2.97. The Morgan fingerprint density at radius 1 is 1.17 bits per heavy atom. The number of carbonyl (C=O) groups is 2. The van der Waals surface area contributed by atoms with Gasteiger partial charge in [0.15, 0.2) is 0 Å². The summed E-state index contributed by atoms with van der Waals surface area (Å²) in [6, 6.07) is 7.93. The second-order valence-corrected chi connectivity index (χ2v) is 7.18. The minimum atomic E-state index is -0.0709. The Labute approximate surface area is 144 Å². The normalized spacial score (nSPS) is 15.2. The molecule has 2 rings (SSSR count). The molecule has 1 fully saturated rings. The summed E-state index contributed by atoms with van der Waals surface area (Å²) in [6.45, 7) is 10.8. The van der Waals surface area contributed by atoms with E-state index >= 15 is 0 Å². The Morgan fingerprint density at radius 3 is 2.38 bits per heavy atom. The summed E-state index contributed by atoms with van der Waals surface area (Å²) in [7, 11) is 0. The first kappa shape index (κ1) is 18.5. The molecule has 1 aromatic rings. The minimum Gasteiger partial charge on any atom is -0.378 e. The van der Waals surface area contributed by atoms with E-state index in [1.165, 1.54) is 0 Å².